The fourth-order valence-electron chi connectivity index (χ4n) is 4.22. The zero-order valence-corrected chi connectivity index (χ0v) is 16.8. The van der Waals surface area contributed by atoms with E-state index in [4.69, 9.17) is 11.5 Å². The van der Waals surface area contributed by atoms with Crippen molar-refractivity contribution in [2.75, 3.05) is 5.73 Å². The molecule has 0 saturated carbocycles. The molecule has 4 aromatic rings. The minimum Gasteiger partial charge on any atom is -0.399 e. The van der Waals surface area contributed by atoms with Crippen molar-refractivity contribution in [1.29, 1.82) is 0 Å². The summed E-state index contributed by atoms with van der Waals surface area (Å²) in [6.07, 6.45) is 7.26. The Morgan fingerprint density at radius 1 is 0.700 bits per heavy atom. The third-order valence-electron chi connectivity index (χ3n) is 5.95. The second-order valence-electron chi connectivity index (χ2n) is 7.97. The van der Waals surface area contributed by atoms with Crippen molar-refractivity contribution < 1.29 is 0 Å². The Balaban J connectivity index is 1.55. The molecule has 0 amide bonds. The van der Waals surface area contributed by atoms with Crippen LogP contribution in [0.2, 0.25) is 0 Å². The van der Waals surface area contributed by atoms with E-state index in [1.54, 1.807) is 0 Å². The third kappa shape index (κ3) is 3.32. The van der Waals surface area contributed by atoms with E-state index in [0.717, 1.165) is 28.8 Å². The molecule has 0 heterocycles. The fourth-order valence-corrected chi connectivity index (χ4v) is 4.22. The number of fused-ring (bicyclic) bond motifs is 1. The van der Waals surface area contributed by atoms with E-state index < -0.39 is 5.54 Å². The highest BCUT2D eigenvalue weighted by atomic mass is 14.7. The molecule has 1 aliphatic rings. The first kappa shape index (κ1) is 18.4. The van der Waals surface area contributed by atoms with Gasteiger partial charge in [-0.2, -0.15) is 0 Å². The first-order valence-electron chi connectivity index (χ1n) is 10.3. The Bertz CT molecular complexity index is 1280. The zero-order valence-electron chi connectivity index (χ0n) is 16.8. The smallest absolute Gasteiger partial charge is 0.0633 e. The van der Waals surface area contributed by atoms with Crippen LogP contribution in [0.4, 0.5) is 5.69 Å². The van der Waals surface area contributed by atoms with Gasteiger partial charge in [-0.15, -0.1) is 0 Å². The fraction of sp³-hybridized carbons (Fsp3) is 0.0714. The SMILES string of the molecule is Nc1ccc(C2=CCC(N)(c3ccccc3)C=C2)c(-c2ccc3ccccc3c2)c1. The summed E-state index contributed by atoms with van der Waals surface area (Å²) in [5.41, 5.74) is 18.9. The predicted octanol–water partition coefficient (Wildman–Crippen LogP) is 6.29. The lowest BCUT2D eigenvalue weighted by Crippen LogP contribution is -2.35. The van der Waals surface area contributed by atoms with E-state index in [-0.39, 0.29) is 0 Å². The van der Waals surface area contributed by atoms with Crippen molar-refractivity contribution in [2.45, 2.75) is 12.0 Å². The minimum absolute atomic E-state index is 0.471. The Hall–Kier alpha value is -3.62. The summed E-state index contributed by atoms with van der Waals surface area (Å²) in [7, 11) is 0. The van der Waals surface area contributed by atoms with Crippen LogP contribution in [0.3, 0.4) is 0 Å². The van der Waals surface area contributed by atoms with Gasteiger partial charge in [-0.3, -0.25) is 0 Å². The first-order chi connectivity index (χ1) is 14.6. The van der Waals surface area contributed by atoms with Crippen LogP contribution in [0.25, 0.3) is 27.5 Å². The van der Waals surface area contributed by atoms with Crippen molar-refractivity contribution in [3.05, 3.63) is 120 Å². The van der Waals surface area contributed by atoms with E-state index in [1.807, 2.05) is 24.3 Å². The molecule has 4 aromatic carbocycles. The Labute approximate surface area is 177 Å². The lowest BCUT2D eigenvalue weighted by molar-refractivity contribution is 0.567. The van der Waals surface area contributed by atoms with E-state index in [9.17, 15) is 0 Å². The summed E-state index contributed by atoms with van der Waals surface area (Å²) < 4.78 is 0. The van der Waals surface area contributed by atoms with Crippen molar-refractivity contribution in [3.63, 3.8) is 0 Å². The molecule has 5 rings (SSSR count). The van der Waals surface area contributed by atoms with Gasteiger partial charge in [-0.1, -0.05) is 91.0 Å². The quantitative estimate of drug-likeness (QED) is 0.405. The molecule has 1 aliphatic carbocycles. The van der Waals surface area contributed by atoms with E-state index in [2.05, 4.69) is 85.0 Å². The van der Waals surface area contributed by atoms with E-state index in [1.165, 1.54) is 21.9 Å². The number of rotatable bonds is 3. The highest BCUT2D eigenvalue weighted by molar-refractivity contribution is 5.92. The maximum Gasteiger partial charge on any atom is 0.0633 e. The normalized spacial score (nSPS) is 18.4. The molecule has 0 spiro atoms. The average molecular weight is 389 g/mol. The molecule has 0 aromatic heterocycles. The maximum absolute atomic E-state index is 6.70. The number of hydrogen-bond acceptors (Lipinski definition) is 2. The molecule has 0 aliphatic heterocycles. The van der Waals surface area contributed by atoms with Gasteiger partial charge in [0.15, 0.2) is 0 Å². The van der Waals surface area contributed by atoms with Gasteiger partial charge in [0, 0.05) is 5.69 Å². The number of allylic oxidation sites excluding steroid dienone is 2. The average Bonchev–Trinajstić information content (AvgIpc) is 2.80. The van der Waals surface area contributed by atoms with Gasteiger partial charge in [0.05, 0.1) is 5.54 Å². The summed E-state index contributed by atoms with van der Waals surface area (Å²) in [6.45, 7) is 0. The molecule has 1 atom stereocenters. The minimum atomic E-state index is -0.471. The third-order valence-corrected chi connectivity index (χ3v) is 5.95. The van der Waals surface area contributed by atoms with Crippen molar-refractivity contribution in [3.8, 4) is 11.1 Å². The molecule has 2 nitrogen and oxygen atoms in total. The Morgan fingerprint density at radius 3 is 2.23 bits per heavy atom. The van der Waals surface area contributed by atoms with Crippen LogP contribution < -0.4 is 11.5 Å². The number of benzene rings is 4. The molecule has 0 bridgehead atoms. The molecule has 2 heteroatoms. The summed E-state index contributed by atoms with van der Waals surface area (Å²) >= 11 is 0. The summed E-state index contributed by atoms with van der Waals surface area (Å²) in [4.78, 5) is 0. The van der Waals surface area contributed by atoms with Gasteiger partial charge in [-0.25, -0.2) is 0 Å². The van der Waals surface area contributed by atoms with E-state index in [0.29, 0.717) is 0 Å². The molecular formula is C28H24N2. The van der Waals surface area contributed by atoms with Gasteiger partial charge in [0.2, 0.25) is 0 Å². The van der Waals surface area contributed by atoms with Crippen molar-refractivity contribution in [1.82, 2.24) is 0 Å². The molecule has 0 fully saturated rings. The molecule has 30 heavy (non-hydrogen) atoms. The lowest BCUT2D eigenvalue weighted by Gasteiger charge is -2.29. The van der Waals surface area contributed by atoms with Crippen molar-refractivity contribution in [2.24, 2.45) is 5.73 Å². The van der Waals surface area contributed by atoms with Gasteiger partial charge in [0.1, 0.15) is 0 Å². The van der Waals surface area contributed by atoms with Crippen LogP contribution in [0.5, 0.6) is 0 Å². The largest absolute Gasteiger partial charge is 0.399 e. The van der Waals surface area contributed by atoms with Gasteiger partial charge < -0.3 is 11.5 Å². The van der Waals surface area contributed by atoms with Crippen LogP contribution >= 0.6 is 0 Å². The Kier molecular flexibility index (Phi) is 4.50. The van der Waals surface area contributed by atoms with E-state index >= 15 is 0 Å². The summed E-state index contributed by atoms with van der Waals surface area (Å²) in [5, 5.41) is 2.46. The lowest BCUT2D eigenvalue weighted by atomic mass is 9.81. The second-order valence-corrected chi connectivity index (χ2v) is 7.97. The summed E-state index contributed by atoms with van der Waals surface area (Å²) in [6, 6.07) is 31.4. The second kappa shape index (κ2) is 7.33. The molecule has 1 unspecified atom stereocenters. The first-order valence-corrected chi connectivity index (χ1v) is 10.3. The van der Waals surface area contributed by atoms with Gasteiger partial charge >= 0.3 is 0 Å². The number of anilines is 1. The molecular weight excluding hydrogens is 364 g/mol. The number of nitrogen functional groups attached to an aromatic ring is 1. The van der Waals surface area contributed by atoms with Crippen LogP contribution in [0.1, 0.15) is 17.5 Å². The molecule has 146 valence electrons. The van der Waals surface area contributed by atoms with Gasteiger partial charge in [-0.05, 0) is 63.2 Å². The Morgan fingerprint density at radius 2 is 1.47 bits per heavy atom. The van der Waals surface area contributed by atoms with Crippen LogP contribution in [0, 0.1) is 0 Å². The monoisotopic (exact) mass is 388 g/mol. The van der Waals surface area contributed by atoms with Crippen LogP contribution in [0.15, 0.2) is 109 Å². The van der Waals surface area contributed by atoms with Crippen LogP contribution in [-0.4, -0.2) is 0 Å². The molecule has 0 saturated heterocycles. The number of hydrogen-bond donors (Lipinski definition) is 2. The zero-order chi connectivity index (χ0) is 20.6. The standard InChI is InChI=1S/C28H24N2/c29-25-12-13-26(21-14-16-28(30,17-15-21)24-8-2-1-3-9-24)27(19-25)23-11-10-20-6-4-5-7-22(20)18-23/h1-16,18-19H,17,29-30H2. The molecule has 0 radical (unpaired) electrons. The predicted molar refractivity (Wildman–Crippen MR) is 128 cm³/mol. The topological polar surface area (TPSA) is 52.0 Å². The number of nitrogens with two attached hydrogens (primary N) is 2. The van der Waals surface area contributed by atoms with Gasteiger partial charge in [0.25, 0.3) is 0 Å². The summed E-state index contributed by atoms with van der Waals surface area (Å²) in [5.74, 6) is 0. The highest BCUT2D eigenvalue weighted by Gasteiger charge is 2.26. The highest BCUT2D eigenvalue weighted by Crippen LogP contribution is 2.37. The maximum atomic E-state index is 6.70. The van der Waals surface area contributed by atoms with Crippen LogP contribution in [-0.2, 0) is 5.54 Å². The van der Waals surface area contributed by atoms with Crippen molar-refractivity contribution >= 4 is 22.0 Å². The molecule has 4 N–H and O–H groups in total.